The van der Waals surface area contributed by atoms with Crippen LogP contribution in [0, 0.1) is 0 Å². The quantitative estimate of drug-likeness (QED) is 0.846. The van der Waals surface area contributed by atoms with Gasteiger partial charge in [0.05, 0.1) is 0 Å². The first-order chi connectivity index (χ1) is 11.6. The number of likely N-dealkylation sites (N-methyl/N-ethyl adjacent to an activating group) is 2. The van der Waals surface area contributed by atoms with E-state index in [-0.39, 0.29) is 11.6 Å². The molecule has 0 N–H and O–H groups in total. The van der Waals surface area contributed by atoms with Crippen molar-refractivity contribution in [2.24, 2.45) is 0 Å². The average Bonchev–Trinajstić information content (AvgIpc) is 3.11. The summed E-state index contributed by atoms with van der Waals surface area (Å²) in [7, 11) is 4.47. The predicted molar refractivity (Wildman–Crippen MR) is 97.0 cm³/mol. The summed E-state index contributed by atoms with van der Waals surface area (Å²) in [6, 6.07) is 3.98. The summed E-state index contributed by atoms with van der Waals surface area (Å²) < 4.78 is 2.08. The Morgan fingerprint density at radius 2 is 1.75 bits per heavy atom. The summed E-state index contributed by atoms with van der Waals surface area (Å²) in [5.74, 6) is 0.301. The second kappa shape index (κ2) is 7.28. The van der Waals surface area contributed by atoms with Crippen molar-refractivity contribution in [3.63, 3.8) is 0 Å². The van der Waals surface area contributed by atoms with Gasteiger partial charge in [0.15, 0.2) is 0 Å². The third kappa shape index (κ3) is 3.38. The third-order valence-electron chi connectivity index (χ3n) is 6.03. The number of hydrogen-bond donors (Lipinski definition) is 0. The Morgan fingerprint density at radius 1 is 1.08 bits per heavy atom. The highest BCUT2D eigenvalue weighted by Crippen LogP contribution is 2.32. The number of likely N-dealkylation sites (tertiary alicyclic amines) is 1. The zero-order valence-corrected chi connectivity index (χ0v) is 15.4. The van der Waals surface area contributed by atoms with Crippen molar-refractivity contribution >= 4 is 5.91 Å². The maximum atomic E-state index is 13.1. The van der Waals surface area contributed by atoms with Crippen molar-refractivity contribution in [2.75, 3.05) is 46.8 Å². The van der Waals surface area contributed by atoms with Gasteiger partial charge in [-0.05, 0) is 45.5 Å². The molecule has 24 heavy (non-hydrogen) atoms. The molecule has 1 unspecified atom stereocenters. The van der Waals surface area contributed by atoms with Crippen molar-refractivity contribution in [3.05, 3.63) is 24.5 Å². The molecule has 2 aliphatic rings. The minimum atomic E-state index is -0.0363. The van der Waals surface area contributed by atoms with Gasteiger partial charge in [0, 0.05) is 50.7 Å². The SMILES string of the molecule is CCCC(C(=O)N1CCC2(CC1)CN(C)CCN2C)n1cccc1. The Labute approximate surface area is 146 Å². The van der Waals surface area contributed by atoms with Crippen LogP contribution in [0.2, 0.25) is 0 Å². The van der Waals surface area contributed by atoms with Crippen molar-refractivity contribution in [1.82, 2.24) is 19.3 Å². The fourth-order valence-corrected chi connectivity index (χ4v) is 4.38. The highest BCUT2D eigenvalue weighted by atomic mass is 16.2. The van der Waals surface area contributed by atoms with Gasteiger partial charge < -0.3 is 14.4 Å². The molecule has 2 aliphatic heterocycles. The van der Waals surface area contributed by atoms with E-state index < -0.39 is 0 Å². The third-order valence-corrected chi connectivity index (χ3v) is 6.03. The van der Waals surface area contributed by atoms with Crippen LogP contribution in [0.3, 0.4) is 0 Å². The number of amides is 1. The number of carbonyl (C=O) groups excluding carboxylic acids is 1. The van der Waals surface area contributed by atoms with Crippen LogP contribution in [0.4, 0.5) is 0 Å². The predicted octanol–water partition coefficient (Wildman–Crippen LogP) is 2.07. The molecule has 134 valence electrons. The van der Waals surface area contributed by atoms with E-state index in [1.54, 1.807) is 0 Å². The Morgan fingerprint density at radius 3 is 2.38 bits per heavy atom. The lowest BCUT2D eigenvalue weighted by Crippen LogP contribution is -2.64. The van der Waals surface area contributed by atoms with Gasteiger partial charge in [0.2, 0.25) is 5.91 Å². The number of rotatable bonds is 4. The lowest BCUT2D eigenvalue weighted by molar-refractivity contribution is -0.138. The molecule has 3 heterocycles. The zero-order chi connectivity index (χ0) is 17.2. The zero-order valence-electron chi connectivity index (χ0n) is 15.4. The van der Waals surface area contributed by atoms with Crippen LogP contribution in [0.15, 0.2) is 24.5 Å². The largest absolute Gasteiger partial charge is 0.342 e. The molecule has 5 nitrogen and oxygen atoms in total. The summed E-state index contributed by atoms with van der Waals surface area (Å²) in [5, 5.41) is 0. The van der Waals surface area contributed by atoms with Crippen molar-refractivity contribution in [3.8, 4) is 0 Å². The maximum absolute atomic E-state index is 13.1. The first-order valence-corrected chi connectivity index (χ1v) is 9.37. The summed E-state index contributed by atoms with van der Waals surface area (Å²) in [6.45, 7) is 7.33. The molecule has 0 aliphatic carbocycles. The van der Waals surface area contributed by atoms with E-state index >= 15 is 0 Å². The number of piperidine rings is 1. The Hall–Kier alpha value is -1.33. The smallest absolute Gasteiger partial charge is 0.245 e. The molecule has 5 heteroatoms. The number of carbonyl (C=O) groups is 1. The van der Waals surface area contributed by atoms with Gasteiger partial charge in [0.1, 0.15) is 6.04 Å². The van der Waals surface area contributed by atoms with Crippen LogP contribution in [0.1, 0.15) is 38.6 Å². The molecule has 2 fully saturated rings. The molecule has 0 radical (unpaired) electrons. The van der Waals surface area contributed by atoms with Gasteiger partial charge in [-0.15, -0.1) is 0 Å². The first-order valence-electron chi connectivity index (χ1n) is 9.37. The molecule has 1 aromatic heterocycles. The molecule has 2 saturated heterocycles. The van der Waals surface area contributed by atoms with Gasteiger partial charge >= 0.3 is 0 Å². The number of piperazine rings is 1. The van der Waals surface area contributed by atoms with Crippen LogP contribution < -0.4 is 0 Å². The standard InChI is InChI=1S/C19H32N4O/c1-4-7-17(22-10-5-6-11-22)18(24)23-12-8-19(9-13-23)16-20(2)14-15-21(19)3/h5-6,10-11,17H,4,7-9,12-16H2,1-3H3. The van der Waals surface area contributed by atoms with Crippen molar-refractivity contribution < 1.29 is 4.79 Å². The normalized spacial score (nSPS) is 23.5. The van der Waals surface area contributed by atoms with Crippen LogP contribution >= 0.6 is 0 Å². The molecular weight excluding hydrogens is 300 g/mol. The van der Waals surface area contributed by atoms with Crippen molar-refractivity contribution in [1.29, 1.82) is 0 Å². The molecule has 1 aromatic rings. The van der Waals surface area contributed by atoms with Crippen LogP contribution in [0.25, 0.3) is 0 Å². The average molecular weight is 332 g/mol. The molecular formula is C19H32N4O. The molecule has 0 aromatic carbocycles. The Kier molecular flexibility index (Phi) is 5.30. The Bertz CT molecular complexity index is 534. The van der Waals surface area contributed by atoms with E-state index in [4.69, 9.17) is 0 Å². The summed E-state index contributed by atoms with van der Waals surface area (Å²) in [5.41, 5.74) is 0.261. The molecule has 3 rings (SSSR count). The van der Waals surface area contributed by atoms with E-state index in [9.17, 15) is 4.79 Å². The molecule has 1 amide bonds. The van der Waals surface area contributed by atoms with Gasteiger partial charge in [-0.1, -0.05) is 13.3 Å². The van der Waals surface area contributed by atoms with Gasteiger partial charge in [-0.3, -0.25) is 9.69 Å². The summed E-state index contributed by atoms with van der Waals surface area (Å²) in [4.78, 5) is 20.2. The molecule has 0 saturated carbocycles. The van der Waals surface area contributed by atoms with Crippen LogP contribution in [-0.2, 0) is 4.79 Å². The highest BCUT2D eigenvalue weighted by molar-refractivity contribution is 5.80. The second-order valence-corrected chi connectivity index (χ2v) is 7.64. The summed E-state index contributed by atoms with van der Waals surface area (Å²) in [6.07, 6.45) is 8.16. The fraction of sp³-hybridized carbons (Fsp3) is 0.737. The number of nitrogens with zero attached hydrogens (tertiary/aromatic N) is 4. The number of hydrogen-bond acceptors (Lipinski definition) is 3. The Balaban J connectivity index is 1.66. The van der Waals surface area contributed by atoms with Gasteiger partial charge in [-0.2, -0.15) is 0 Å². The lowest BCUT2D eigenvalue weighted by Gasteiger charge is -2.52. The summed E-state index contributed by atoms with van der Waals surface area (Å²) >= 11 is 0. The van der Waals surface area contributed by atoms with Gasteiger partial charge in [0.25, 0.3) is 0 Å². The minimum absolute atomic E-state index is 0.0363. The maximum Gasteiger partial charge on any atom is 0.245 e. The fourth-order valence-electron chi connectivity index (χ4n) is 4.38. The number of aromatic nitrogens is 1. The van der Waals surface area contributed by atoms with E-state index in [1.165, 1.54) is 0 Å². The van der Waals surface area contributed by atoms with E-state index in [1.807, 2.05) is 24.5 Å². The lowest BCUT2D eigenvalue weighted by atomic mass is 9.83. The van der Waals surface area contributed by atoms with E-state index in [0.29, 0.717) is 5.91 Å². The monoisotopic (exact) mass is 332 g/mol. The molecule has 1 spiro atoms. The second-order valence-electron chi connectivity index (χ2n) is 7.64. The van der Waals surface area contributed by atoms with E-state index in [0.717, 1.165) is 58.4 Å². The highest BCUT2D eigenvalue weighted by Gasteiger charge is 2.42. The van der Waals surface area contributed by atoms with Gasteiger partial charge in [-0.25, -0.2) is 0 Å². The van der Waals surface area contributed by atoms with Crippen LogP contribution in [-0.4, -0.2) is 77.5 Å². The van der Waals surface area contributed by atoms with Crippen molar-refractivity contribution in [2.45, 2.75) is 44.2 Å². The molecule has 0 bridgehead atoms. The first kappa shape index (κ1) is 17.5. The molecule has 1 atom stereocenters. The minimum Gasteiger partial charge on any atom is -0.342 e. The topological polar surface area (TPSA) is 31.7 Å². The van der Waals surface area contributed by atoms with E-state index in [2.05, 4.69) is 40.3 Å². The van der Waals surface area contributed by atoms with Crippen LogP contribution in [0.5, 0.6) is 0 Å².